The van der Waals surface area contributed by atoms with Crippen molar-refractivity contribution in [1.29, 1.82) is 0 Å². The van der Waals surface area contributed by atoms with E-state index in [1.165, 1.54) is 16.7 Å². The van der Waals surface area contributed by atoms with Gasteiger partial charge in [-0.1, -0.05) is 106 Å². The molecule has 1 amide bonds. The van der Waals surface area contributed by atoms with E-state index in [1.54, 1.807) is 54.6 Å². The standard InChI is InChI=1S/C34H23Cl4N3O4S2/c1-18-4-2-3-5-21(18)16-45-24-11-7-19(8-12-24)30(42)28-29(20-9-13-25(36)27(38)14-20)41(32(44)31(28)43)33-39-40-34(47-33)46-17-22-6-10-23(35)15-26(22)37/h2-15,29,42H,16-17H2,1H3. The number of ether oxygens (including phenoxy) is 1. The second kappa shape index (κ2) is 14.3. The Labute approximate surface area is 298 Å². The van der Waals surface area contributed by atoms with Gasteiger partial charge in [0.1, 0.15) is 18.1 Å². The van der Waals surface area contributed by atoms with Crippen molar-refractivity contribution in [2.75, 3.05) is 4.90 Å². The summed E-state index contributed by atoms with van der Waals surface area (Å²) in [5.41, 5.74) is 3.66. The molecule has 0 radical (unpaired) electrons. The topological polar surface area (TPSA) is 92.6 Å². The minimum absolute atomic E-state index is 0.126. The first-order valence-corrected chi connectivity index (χ1v) is 17.4. The van der Waals surface area contributed by atoms with E-state index >= 15 is 0 Å². The summed E-state index contributed by atoms with van der Waals surface area (Å²) >= 11 is 27.4. The summed E-state index contributed by atoms with van der Waals surface area (Å²) in [6, 6.07) is 23.5. The van der Waals surface area contributed by atoms with Crippen molar-refractivity contribution in [2.45, 2.75) is 29.7 Å². The number of halogens is 4. The average molecular weight is 744 g/mol. The SMILES string of the molecule is Cc1ccccc1COc1ccc(C(O)=C2C(=O)C(=O)N(c3nnc(SCc4ccc(Cl)cc4Cl)s3)C2c2ccc(Cl)c(Cl)c2)cc1. The summed E-state index contributed by atoms with van der Waals surface area (Å²) in [5, 5.41) is 21.8. The lowest BCUT2D eigenvalue weighted by atomic mass is 9.95. The number of hydrogen-bond donors (Lipinski definition) is 1. The van der Waals surface area contributed by atoms with Crippen LogP contribution >= 0.6 is 69.5 Å². The van der Waals surface area contributed by atoms with Crippen molar-refractivity contribution in [2.24, 2.45) is 0 Å². The number of hydrogen-bond acceptors (Lipinski definition) is 8. The van der Waals surface area contributed by atoms with E-state index in [-0.39, 0.29) is 21.5 Å². The van der Waals surface area contributed by atoms with Crippen LogP contribution in [-0.4, -0.2) is 27.0 Å². The highest BCUT2D eigenvalue weighted by atomic mass is 35.5. The summed E-state index contributed by atoms with van der Waals surface area (Å²) in [4.78, 5) is 28.4. The maximum absolute atomic E-state index is 13.6. The number of amides is 1. The van der Waals surface area contributed by atoms with E-state index < -0.39 is 17.7 Å². The molecule has 1 aliphatic heterocycles. The molecule has 0 bridgehead atoms. The summed E-state index contributed by atoms with van der Waals surface area (Å²) in [6.07, 6.45) is 0. The Morgan fingerprint density at radius 1 is 0.894 bits per heavy atom. The molecule has 1 unspecified atom stereocenters. The number of rotatable bonds is 9. The normalized spacial score (nSPS) is 15.8. The third-order valence-corrected chi connectivity index (χ3v) is 10.9. The Morgan fingerprint density at radius 2 is 1.66 bits per heavy atom. The molecule has 238 valence electrons. The van der Waals surface area contributed by atoms with Gasteiger partial charge in [-0.15, -0.1) is 10.2 Å². The Kier molecular flexibility index (Phi) is 10.1. The van der Waals surface area contributed by atoms with Gasteiger partial charge >= 0.3 is 5.91 Å². The van der Waals surface area contributed by atoms with E-state index in [4.69, 9.17) is 51.1 Å². The lowest BCUT2D eigenvalue weighted by Gasteiger charge is -2.23. The highest BCUT2D eigenvalue weighted by molar-refractivity contribution is 8.00. The van der Waals surface area contributed by atoms with Crippen LogP contribution in [0, 0.1) is 6.92 Å². The van der Waals surface area contributed by atoms with E-state index in [0.717, 1.165) is 28.0 Å². The first-order valence-electron chi connectivity index (χ1n) is 14.0. The third-order valence-electron chi connectivity index (χ3n) is 7.46. The van der Waals surface area contributed by atoms with Gasteiger partial charge in [-0.2, -0.15) is 0 Å². The fourth-order valence-electron chi connectivity index (χ4n) is 4.96. The molecule has 1 aliphatic rings. The number of aryl methyl sites for hydroxylation is 1. The van der Waals surface area contributed by atoms with E-state index in [9.17, 15) is 14.7 Å². The molecule has 4 aromatic carbocycles. The van der Waals surface area contributed by atoms with E-state index in [1.807, 2.05) is 37.3 Å². The van der Waals surface area contributed by atoms with Crippen LogP contribution in [0.15, 0.2) is 94.8 Å². The van der Waals surface area contributed by atoms with E-state index in [0.29, 0.717) is 48.6 Å². The zero-order valence-electron chi connectivity index (χ0n) is 24.4. The van der Waals surface area contributed by atoms with Gasteiger partial charge in [-0.3, -0.25) is 14.5 Å². The van der Waals surface area contributed by atoms with Crippen molar-refractivity contribution >= 4 is 92.1 Å². The number of thioether (sulfide) groups is 1. The number of ketones is 1. The van der Waals surface area contributed by atoms with Gasteiger partial charge in [0.05, 0.1) is 21.7 Å². The highest BCUT2D eigenvalue weighted by Crippen LogP contribution is 2.45. The molecule has 1 N–H and O–H groups in total. The second-order valence-corrected chi connectivity index (χ2v) is 14.3. The summed E-state index contributed by atoms with van der Waals surface area (Å²) < 4.78 is 6.48. The van der Waals surface area contributed by atoms with Gasteiger partial charge in [0.15, 0.2) is 4.34 Å². The third kappa shape index (κ3) is 7.16. The van der Waals surface area contributed by atoms with Gasteiger partial charge in [0, 0.05) is 21.4 Å². The number of Topliss-reactive ketones (excluding diaryl/α,β-unsaturated/α-hetero) is 1. The van der Waals surface area contributed by atoms with Crippen LogP contribution in [0.4, 0.5) is 5.13 Å². The minimum Gasteiger partial charge on any atom is -0.507 e. The molecular weight excluding hydrogens is 720 g/mol. The zero-order chi connectivity index (χ0) is 33.2. The Bertz CT molecular complexity index is 2030. The first-order chi connectivity index (χ1) is 22.6. The fourth-order valence-corrected chi connectivity index (χ4v) is 7.69. The smallest absolute Gasteiger partial charge is 0.301 e. The van der Waals surface area contributed by atoms with Crippen LogP contribution in [0.25, 0.3) is 5.76 Å². The number of benzene rings is 4. The number of carbonyl (C=O) groups is 2. The molecule has 0 aliphatic carbocycles. The molecule has 7 nitrogen and oxygen atoms in total. The number of aromatic nitrogens is 2. The van der Waals surface area contributed by atoms with Crippen molar-refractivity contribution in [3.63, 3.8) is 0 Å². The monoisotopic (exact) mass is 741 g/mol. The zero-order valence-corrected chi connectivity index (χ0v) is 29.1. The predicted molar refractivity (Wildman–Crippen MR) is 189 cm³/mol. The van der Waals surface area contributed by atoms with Crippen molar-refractivity contribution < 1.29 is 19.4 Å². The lowest BCUT2D eigenvalue weighted by Crippen LogP contribution is -2.29. The Balaban J connectivity index is 1.31. The van der Waals surface area contributed by atoms with Crippen LogP contribution in [0.5, 0.6) is 5.75 Å². The molecule has 13 heteroatoms. The Morgan fingerprint density at radius 3 is 2.38 bits per heavy atom. The molecule has 2 heterocycles. The molecule has 5 aromatic rings. The number of aliphatic hydroxyl groups is 1. The number of aliphatic hydroxyl groups excluding tert-OH is 1. The molecule has 0 saturated carbocycles. The molecule has 47 heavy (non-hydrogen) atoms. The summed E-state index contributed by atoms with van der Waals surface area (Å²) in [5.74, 6) is -1.05. The van der Waals surface area contributed by atoms with Crippen molar-refractivity contribution in [3.8, 4) is 5.75 Å². The average Bonchev–Trinajstić information content (AvgIpc) is 3.63. The second-order valence-electron chi connectivity index (χ2n) is 10.5. The first kappa shape index (κ1) is 33.3. The van der Waals surface area contributed by atoms with Crippen molar-refractivity contribution in [1.82, 2.24) is 10.2 Å². The van der Waals surface area contributed by atoms with Crippen LogP contribution < -0.4 is 9.64 Å². The van der Waals surface area contributed by atoms with Crippen LogP contribution in [-0.2, 0) is 21.9 Å². The molecular formula is C34H23Cl4N3O4S2. The van der Waals surface area contributed by atoms with E-state index in [2.05, 4.69) is 10.2 Å². The highest BCUT2D eigenvalue weighted by Gasteiger charge is 2.48. The molecule has 1 fully saturated rings. The lowest BCUT2D eigenvalue weighted by molar-refractivity contribution is -0.132. The quantitative estimate of drug-likeness (QED) is 0.0528. The molecule has 1 atom stereocenters. The maximum Gasteiger partial charge on any atom is 0.301 e. The number of carbonyl (C=O) groups excluding carboxylic acids is 2. The Hall–Kier alpha value is -3.57. The summed E-state index contributed by atoms with van der Waals surface area (Å²) in [7, 11) is 0. The molecule has 6 rings (SSSR count). The largest absolute Gasteiger partial charge is 0.507 e. The van der Waals surface area contributed by atoms with Gasteiger partial charge in [-0.05, 0) is 77.7 Å². The number of anilines is 1. The van der Waals surface area contributed by atoms with Crippen molar-refractivity contribution in [3.05, 3.63) is 138 Å². The molecule has 0 spiro atoms. The maximum atomic E-state index is 13.6. The number of nitrogens with zero attached hydrogens (tertiary/aromatic N) is 3. The fraction of sp³-hybridized carbons (Fsp3) is 0.118. The van der Waals surface area contributed by atoms with Gasteiger partial charge in [-0.25, -0.2) is 0 Å². The molecule has 1 aromatic heterocycles. The van der Waals surface area contributed by atoms with Crippen LogP contribution in [0.2, 0.25) is 20.1 Å². The minimum atomic E-state index is -1.06. The summed E-state index contributed by atoms with van der Waals surface area (Å²) in [6.45, 7) is 2.38. The van der Waals surface area contributed by atoms with Crippen LogP contribution in [0.1, 0.15) is 33.9 Å². The molecule has 1 saturated heterocycles. The predicted octanol–water partition coefficient (Wildman–Crippen LogP) is 9.96. The van der Waals surface area contributed by atoms with Crippen LogP contribution in [0.3, 0.4) is 0 Å². The van der Waals surface area contributed by atoms with Gasteiger partial charge in [0.25, 0.3) is 5.78 Å². The van der Waals surface area contributed by atoms with Gasteiger partial charge in [0.2, 0.25) is 5.13 Å². The van der Waals surface area contributed by atoms with Gasteiger partial charge < -0.3 is 9.84 Å².